The molecule has 1 N–H and O–H groups in total. The largest absolute Gasteiger partial charge is 0.378 e. The molecule has 0 aromatic carbocycles. The van der Waals surface area contributed by atoms with Crippen molar-refractivity contribution in [3.63, 3.8) is 0 Å². The number of nitrogens with zero attached hydrogens (tertiary/aromatic N) is 2. The predicted molar refractivity (Wildman–Crippen MR) is 78.7 cm³/mol. The van der Waals surface area contributed by atoms with Crippen LogP contribution in [0.15, 0.2) is 0 Å². The molecule has 1 aliphatic rings. The lowest BCUT2D eigenvalue weighted by molar-refractivity contribution is 0.0167. The van der Waals surface area contributed by atoms with Crippen molar-refractivity contribution in [2.45, 2.75) is 58.0 Å². The van der Waals surface area contributed by atoms with Crippen LogP contribution in [-0.4, -0.2) is 36.0 Å². The van der Waals surface area contributed by atoms with Crippen LogP contribution in [0.4, 0.5) is 0 Å². The Labute approximate surface area is 120 Å². The van der Waals surface area contributed by atoms with E-state index >= 15 is 0 Å². The smallest absolute Gasteiger partial charge is 0.120 e. The fourth-order valence-electron chi connectivity index (χ4n) is 2.30. The lowest BCUT2D eigenvalue weighted by atomic mass is 10.1. The van der Waals surface area contributed by atoms with E-state index < -0.39 is 0 Å². The molecule has 1 unspecified atom stereocenters. The molecule has 5 heteroatoms. The van der Waals surface area contributed by atoms with Gasteiger partial charge in [0.05, 0.1) is 6.10 Å². The summed E-state index contributed by atoms with van der Waals surface area (Å²) >= 11 is 1.76. The van der Waals surface area contributed by atoms with Gasteiger partial charge >= 0.3 is 0 Å². The fourth-order valence-corrected chi connectivity index (χ4v) is 3.25. The monoisotopic (exact) mass is 283 g/mol. The molecule has 0 bridgehead atoms. The van der Waals surface area contributed by atoms with E-state index in [2.05, 4.69) is 22.4 Å². The average Bonchev–Trinajstić information content (AvgIpc) is 2.87. The van der Waals surface area contributed by atoms with Gasteiger partial charge in [-0.3, -0.25) is 0 Å². The quantitative estimate of drug-likeness (QED) is 0.745. The number of ether oxygens (including phenoxy) is 1. The van der Waals surface area contributed by atoms with Gasteiger partial charge in [-0.2, -0.15) is 0 Å². The summed E-state index contributed by atoms with van der Waals surface area (Å²) in [6, 6.07) is 0. The maximum absolute atomic E-state index is 5.75. The first-order chi connectivity index (χ1) is 9.38. The van der Waals surface area contributed by atoms with E-state index in [4.69, 9.17) is 4.74 Å². The second kappa shape index (κ2) is 8.61. The second-order valence-electron chi connectivity index (χ2n) is 5.14. The molecule has 19 heavy (non-hydrogen) atoms. The molecule has 2 heterocycles. The van der Waals surface area contributed by atoms with Crippen LogP contribution >= 0.6 is 11.3 Å². The number of rotatable bonds is 8. The van der Waals surface area contributed by atoms with E-state index in [1.165, 1.54) is 30.7 Å². The minimum atomic E-state index is 0.376. The third kappa shape index (κ3) is 5.55. The Morgan fingerprint density at radius 2 is 2.16 bits per heavy atom. The van der Waals surface area contributed by atoms with Gasteiger partial charge in [0.2, 0.25) is 0 Å². The third-order valence-electron chi connectivity index (χ3n) is 3.36. The summed E-state index contributed by atoms with van der Waals surface area (Å²) in [7, 11) is 0. The molecule has 1 atom stereocenters. The van der Waals surface area contributed by atoms with E-state index in [1.807, 2.05) is 0 Å². The van der Waals surface area contributed by atoms with Crippen molar-refractivity contribution in [1.82, 2.24) is 15.5 Å². The van der Waals surface area contributed by atoms with Crippen molar-refractivity contribution in [2.24, 2.45) is 0 Å². The van der Waals surface area contributed by atoms with Crippen LogP contribution in [0, 0.1) is 0 Å². The Kier molecular flexibility index (Phi) is 6.74. The Bertz CT molecular complexity index is 350. The highest BCUT2D eigenvalue weighted by molar-refractivity contribution is 7.11. The summed E-state index contributed by atoms with van der Waals surface area (Å²) in [6.45, 7) is 5.30. The van der Waals surface area contributed by atoms with E-state index in [0.29, 0.717) is 6.10 Å². The van der Waals surface area contributed by atoms with Crippen LogP contribution in [0.3, 0.4) is 0 Å². The molecule has 2 rings (SSSR count). The summed E-state index contributed by atoms with van der Waals surface area (Å²) in [5, 5.41) is 14.3. The molecule has 108 valence electrons. The molecular formula is C14H25N3OS. The topological polar surface area (TPSA) is 47.0 Å². The van der Waals surface area contributed by atoms with Gasteiger partial charge in [0.25, 0.3) is 0 Å². The molecule has 0 amide bonds. The zero-order valence-electron chi connectivity index (χ0n) is 11.9. The summed E-state index contributed by atoms with van der Waals surface area (Å²) in [4.78, 5) is 0. The molecule has 0 spiro atoms. The summed E-state index contributed by atoms with van der Waals surface area (Å²) in [6.07, 6.45) is 8.39. The van der Waals surface area contributed by atoms with Crippen molar-refractivity contribution in [3.8, 4) is 0 Å². The number of hydrogen-bond donors (Lipinski definition) is 1. The molecule has 1 saturated heterocycles. The zero-order valence-corrected chi connectivity index (χ0v) is 12.7. The van der Waals surface area contributed by atoms with E-state index in [1.54, 1.807) is 11.3 Å². The Morgan fingerprint density at radius 3 is 2.95 bits per heavy atom. The highest BCUT2D eigenvalue weighted by Crippen LogP contribution is 2.19. The highest BCUT2D eigenvalue weighted by Gasteiger charge is 2.16. The van der Waals surface area contributed by atoms with Gasteiger partial charge in [-0.05, 0) is 45.2 Å². The molecule has 1 fully saturated rings. The molecule has 1 aromatic rings. The Morgan fingerprint density at radius 1 is 1.26 bits per heavy atom. The highest BCUT2D eigenvalue weighted by atomic mass is 32.1. The van der Waals surface area contributed by atoms with Crippen molar-refractivity contribution in [2.75, 3.05) is 19.7 Å². The standard InChI is InChI=1S/C14H25N3OS/c1-2-8-15-9-5-7-13-16-17-14(19-13)11-12-6-3-4-10-18-12/h12,15H,2-11H2,1H3. The maximum atomic E-state index is 5.75. The summed E-state index contributed by atoms with van der Waals surface area (Å²) < 4.78 is 5.75. The minimum absolute atomic E-state index is 0.376. The average molecular weight is 283 g/mol. The van der Waals surface area contributed by atoms with Gasteiger partial charge in [0, 0.05) is 19.4 Å². The van der Waals surface area contributed by atoms with Gasteiger partial charge in [-0.15, -0.1) is 21.5 Å². The predicted octanol–water partition coefficient (Wildman–Crippen LogP) is 2.58. The van der Waals surface area contributed by atoms with Crippen LogP contribution in [-0.2, 0) is 17.6 Å². The number of aryl methyl sites for hydroxylation is 1. The normalized spacial score (nSPS) is 19.7. The van der Waals surface area contributed by atoms with Crippen LogP contribution in [0.2, 0.25) is 0 Å². The molecule has 0 aliphatic carbocycles. The van der Waals surface area contributed by atoms with Crippen molar-refractivity contribution in [1.29, 1.82) is 0 Å². The van der Waals surface area contributed by atoms with E-state index in [0.717, 1.165) is 44.0 Å². The van der Waals surface area contributed by atoms with Crippen LogP contribution < -0.4 is 5.32 Å². The lowest BCUT2D eigenvalue weighted by Crippen LogP contribution is -2.21. The van der Waals surface area contributed by atoms with Gasteiger partial charge in [0.15, 0.2) is 0 Å². The van der Waals surface area contributed by atoms with Crippen molar-refractivity contribution in [3.05, 3.63) is 10.0 Å². The molecule has 0 radical (unpaired) electrons. The SMILES string of the molecule is CCCNCCCc1nnc(CC2CCCCO2)s1. The van der Waals surface area contributed by atoms with Crippen LogP contribution in [0.25, 0.3) is 0 Å². The zero-order chi connectivity index (χ0) is 13.3. The van der Waals surface area contributed by atoms with Crippen molar-refractivity contribution < 1.29 is 4.74 Å². The lowest BCUT2D eigenvalue weighted by Gasteiger charge is -2.21. The number of hydrogen-bond acceptors (Lipinski definition) is 5. The molecule has 1 aliphatic heterocycles. The first-order valence-corrected chi connectivity index (χ1v) is 8.33. The van der Waals surface area contributed by atoms with Gasteiger partial charge in [0.1, 0.15) is 10.0 Å². The number of aromatic nitrogens is 2. The summed E-state index contributed by atoms with van der Waals surface area (Å²) in [5.41, 5.74) is 0. The molecule has 1 aromatic heterocycles. The fraction of sp³-hybridized carbons (Fsp3) is 0.857. The first-order valence-electron chi connectivity index (χ1n) is 7.52. The van der Waals surface area contributed by atoms with Crippen LogP contribution in [0.1, 0.15) is 49.0 Å². The van der Waals surface area contributed by atoms with Gasteiger partial charge in [-0.1, -0.05) is 6.92 Å². The molecular weight excluding hydrogens is 258 g/mol. The molecule has 4 nitrogen and oxygen atoms in total. The van der Waals surface area contributed by atoms with Gasteiger partial charge < -0.3 is 10.1 Å². The van der Waals surface area contributed by atoms with Crippen molar-refractivity contribution >= 4 is 11.3 Å². The Hall–Kier alpha value is -0.520. The van der Waals surface area contributed by atoms with E-state index in [9.17, 15) is 0 Å². The van der Waals surface area contributed by atoms with Crippen LogP contribution in [0.5, 0.6) is 0 Å². The number of nitrogens with one attached hydrogen (secondary N) is 1. The maximum Gasteiger partial charge on any atom is 0.120 e. The second-order valence-corrected chi connectivity index (χ2v) is 6.28. The first kappa shape index (κ1) is 14.9. The van der Waals surface area contributed by atoms with Gasteiger partial charge in [-0.25, -0.2) is 0 Å². The summed E-state index contributed by atoms with van der Waals surface area (Å²) in [5.74, 6) is 0. The van der Waals surface area contributed by atoms with E-state index in [-0.39, 0.29) is 0 Å². The third-order valence-corrected chi connectivity index (χ3v) is 4.36. The molecule has 0 saturated carbocycles. The minimum Gasteiger partial charge on any atom is -0.378 e. The Balaban J connectivity index is 1.66.